The summed E-state index contributed by atoms with van der Waals surface area (Å²) >= 11 is 0. The summed E-state index contributed by atoms with van der Waals surface area (Å²) < 4.78 is 83.3. The molecule has 0 saturated heterocycles. The van der Waals surface area contributed by atoms with E-state index in [9.17, 15) is 26.3 Å². The molecule has 2 aromatic rings. The molecule has 0 spiro atoms. The monoisotopic (exact) mass is 407 g/mol. The SMILES string of the molecule is CCCN(CCN)c1ccc(C(F)(F)F)cc1Oc1cc(C(F)(F)F)ccn1. The molecule has 154 valence electrons. The highest BCUT2D eigenvalue weighted by atomic mass is 19.4. The largest absolute Gasteiger partial charge is 0.437 e. The Bertz CT molecular complexity index is 786. The first-order valence-corrected chi connectivity index (χ1v) is 8.43. The van der Waals surface area contributed by atoms with Crippen LogP contribution in [0.2, 0.25) is 0 Å². The maximum absolute atomic E-state index is 13.1. The van der Waals surface area contributed by atoms with Gasteiger partial charge in [-0.25, -0.2) is 4.98 Å². The van der Waals surface area contributed by atoms with Crippen LogP contribution in [0.3, 0.4) is 0 Å². The highest BCUT2D eigenvalue weighted by molar-refractivity contribution is 5.61. The number of anilines is 1. The number of alkyl halides is 6. The van der Waals surface area contributed by atoms with Gasteiger partial charge in [-0.15, -0.1) is 0 Å². The van der Waals surface area contributed by atoms with E-state index in [1.54, 1.807) is 4.90 Å². The fourth-order valence-electron chi connectivity index (χ4n) is 2.57. The van der Waals surface area contributed by atoms with Crippen LogP contribution in [0.5, 0.6) is 11.6 Å². The van der Waals surface area contributed by atoms with Gasteiger partial charge in [0.25, 0.3) is 0 Å². The van der Waals surface area contributed by atoms with Crippen molar-refractivity contribution in [3.05, 3.63) is 47.7 Å². The van der Waals surface area contributed by atoms with Crippen LogP contribution in [0, 0.1) is 0 Å². The minimum Gasteiger partial charge on any atom is -0.437 e. The topological polar surface area (TPSA) is 51.4 Å². The van der Waals surface area contributed by atoms with E-state index in [0.717, 1.165) is 24.4 Å². The Morgan fingerprint density at radius 2 is 1.61 bits per heavy atom. The van der Waals surface area contributed by atoms with Crippen molar-refractivity contribution in [2.45, 2.75) is 25.7 Å². The Balaban J connectivity index is 2.49. The molecule has 0 bridgehead atoms. The molecule has 4 nitrogen and oxygen atoms in total. The first-order chi connectivity index (χ1) is 13.1. The molecule has 0 aliphatic rings. The molecule has 0 unspecified atom stereocenters. The quantitative estimate of drug-likeness (QED) is 0.650. The van der Waals surface area contributed by atoms with Crippen molar-refractivity contribution in [1.29, 1.82) is 0 Å². The number of nitrogens with two attached hydrogens (primary N) is 1. The molecule has 1 aromatic heterocycles. The minimum atomic E-state index is -4.64. The van der Waals surface area contributed by atoms with Gasteiger partial charge in [0.05, 0.1) is 16.8 Å². The van der Waals surface area contributed by atoms with Gasteiger partial charge in [0.15, 0.2) is 5.75 Å². The average Bonchev–Trinajstić information content (AvgIpc) is 2.60. The van der Waals surface area contributed by atoms with Gasteiger partial charge in [0.1, 0.15) is 0 Å². The summed E-state index contributed by atoms with van der Waals surface area (Å²) in [6.07, 6.45) is -7.70. The second-order valence-corrected chi connectivity index (χ2v) is 5.94. The lowest BCUT2D eigenvalue weighted by Gasteiger charge is -2.26. The van der Waals surface area contributed by atoms with Gasteiger partial charge in [-0.05, 0) is 30.7 Å². The number of benzene rings is 1. The maximum atomic E-state index is 13.1. The molecule has 28 heavy (non-hydrogen) atoms. The summed E-state index contributed by atoms with van der Waals surface area (Å²) in [5, 5.41) is 0. The van der Waals surface area contributed by atoms with E-state index in [1.807, 2.05) is 6.92 Å². The van der Waals surface area contributed by atoms with Crippen LogP contribution in [0.25, 0.3) is 0 Å². The second-order valence-electron chi connectivity index (χ2n) is 5.94. The third-order valence-electron chi connectivity index (χ3n) is 3.80. The molecule has 0 fully saturated rings. The molecular formula is C18H19F6N3O. The predicted octanol–water partition coefficient (Wildman–Crippen LogP) is 5.09. The third kappa shape index (κ3) is 5.51. The predicted molar refractivity (Wildman–Crippen MR) is 92.3 cm³/mol. The molecule has 1 heterocycles. The number of halogens is 6. The van der Waals surface area contributed by atoms with Crippen molar-refractivity contribution in [3.63, 3.8) is 0 Å². The van der Waals surface area contributed by atoms with Gasteiger partial charge in [-0.1, -0.05) is 6.92 Å². The van der Waals surface area contributed by atoms with E-state index >= 15 is 0 Å². The molecular weight excluding hydrogens is 388 g/mol. The Morgan fingerprint density at radius 1 is 0.964 bits per heavy atom. The zero-order chi connectivity index (χ0) is 20.9. The summed E-state index contributed by atoms with van der Waals surface area (Å²) in [5.74, 6) is -0.705. The number of hydrogen-bond acceptors (Lipinski definition) is 4. The fraction of sp³-hybridized carbons (Fsp3) is 0.389. The minimum absolute atomic E-state index is 0.238. The van der Waals surface area contributed by atoms with Gasteiger partial charge >= 0.3 is 12.4 Å². The molecule has 0 saturated carbocycles. The molecule has 2 rings (SSSR count). The molecule has 2 N–H and O–H groups in total. The van der Waals surface area contributed by atoms with Crippen LogP contribution in [-0.2, 0) is 12.4 Å². The van der Waals surface area contributed by atoms with Crippen molar-refractivity contribution >= 4 is 5.69 Å². The normalized spacial score (nSPS) is 12.1. The van der Waals surface area contributed by atoms with E-state index in [2.05, 4.69) is 4.98 Å². The number of pyridine rings is 1. The number of ether oxygens (including phenoxy) is 1. The van der Waals surface area contributed by atoms with Crippen molar-refractivity contribution in [2.75, 3.05) is 24.5 Å². The van der Waals surface area contributed by atoms with Gasteiger partial charge in [-0.2, -0.15) is 26.3 Å². The highest BCUT2D eigenvalue weighted by Gasteiger charge is 2.33. The van der Waals surface area contributed by atoms with E-state index < -0.39 is 29.4 Å². The van der Waals surface area contributed by atoms with Gasteiger partial charge in [0, 0.05) is 31.9 Å². The van der Waals surface area contributed by atoms with Crippen LogP contribution >= 0.6 is 0 Å². The Kier molecular flexibility index (Phi) is 6.76. The van der Waals surface area contributed by atoms with Crippen molar-refractivity contribution in [1.82, 2.24) is 4.98 Å². The summed E-state index contributed by atoms with van der Waals surface area (Å²) in [7, 11) is 0. The first-order valence-electron chi connectivity index (χ1n) is 8.43. The molecule has 10 heteroatoms. The third-order valence-corrected chi connectivity index (χ3v) is 3.80. The van der Waals surface area contributed by atoms with Crippen LogP contribution < -0.4 is 15.4 Å². The van der Waals surface area contributed by atoms with E-state index in [4.69, 9.17) is 10.5 Å². The van der Waals surface area contributed by atoms with Crippen LogP contribution in [0.1, 0.15) is 24.5 Å². The van der Waals surface area contributed by atoms with Crippen molar-refractivity contribution in [3.8, 4) is 11.6 Å². The number of rotatable bonds is 7. The van der Waals surface area contributed by atoms with E-state index in [0.29, 0.717) is 31.3 Å². The maximum Gasteiger partial charge on any atom is 0.416 e. The zero-order valence-corrected chi connectivity index (χ0v) is 14.9. The molecule has 1 aromatic carbocycles. The second kappa shape index (κ2) is 8.68. The summed E-state index contributed by atoms with van der Waals surface area (Å²) in [5.41, 5.74) is 3.86. The number of hydrogen-bond donors (Lipinski definition) is 1. The number of nitrogens with zero attached hydrogens (tertiary/aromatic N) is 2. The fourth-order valence-corrected chi connectivity index (χ4v) is 2.57. The Labute approximate surface area is 157 Å². The van der Waals surface area contributed by atoms with Crippen LogP contribution in [-0.4, -0.2) is 24.6 Å². The van der Waals surface area contributed by atoms with Gasteiger partial charge in [-0.3, -0.25) is 0 Å². The van der Waals surface area contributed by atoms with E-state index in [1.165, 1.54) is 6.07 Å². The lowest BCUT2D eigenvalue weighted by Crippen LogP contribution is -2.30. The first kappa shape index (κ1) is 21.8. The lowest BCUT2D eigenvalue weighted by molar-refractivity contribution is -0.138. The molecule has 0 atom stereocenters. The molecule has 0 radical (unpaired) electrons. The van der Waals surface area contributed by atoms with Crippen LogP contribution in [0.4, 0.5) is 32.0 Å². The molecule has 0 aliphatic heterocycles. The standard InChI is InChI=1S/C18H19F6N3O/c1-2-8-27(9-6-25)14-4-3-12(17(19,20)21)10-15(14)28-16-11-13(5-7-26-16)18(22,23)24/h3-5,7,10-11H,2,6,8-9,25H2,1H3. The van der Waals surface area contributed by atoms with Crippen molar-refractivity contribution in [2.24, 2.45) is 5.73 Å². The van der Waals surface area contributed by atoms with Crippen molar-refractivity contribution < 1.29 is 31.1 Å². The summed E-state index contributed by atoms with van der Waals surface area (Å²) in [6.45, 7) is 2.94. The average molecular weight is 407 g/mol. The number of aromatic nitrogens is 1. The van der Waals surface area contributed by atoms with Gasteiger partial charge < -0.3 is 15.4 Å². The Morgan fingerprint density at radius 3 is 2.18 bits per heavy atom. The Hall–Kier alpha value is -2.49. The summed E-state index contributed by atoms with van der Waals surface area (Å²) in [6, 6.07) is 4.24. The van der Waals surface area contributed by atoms with E-state index in [-0.39, 0.29) is 12.3 Å². The lowest BCUT2D eigenvalue weighted by atomic mass is 10.1. The highest BCUT2D eigenvalue weighted by Crippen LogP contribution is 2.39. The molecule has 0 amide bonds. The smallest absolute Gasteiger partial charge is 0.416 e. The summed E-state index contributed by atoms with van der Waals surface area (Å²) in [4.78, 5) is 5.40. The van der Waals surface area contributed by atoms with Crippen LogP contribution in [0.15, 0.2) is 36.5 Å². The zero-order valence-electron chi connectivity index (χ0n) is 14.9. The van der Waals surface area contributed by atoms with Gasteiger partial charge in [0.2, 0.25) is 5.88 Å². The molecule has 0 aliphatic carbocycles.